The van der Waals surface area contributed by atoms with E-state index < -0.39 is 0 Å². The predicted molar refractivity (Wildman–Crippen MR) is 49.0 cm³/mol. The van der Waals surface area contributed by atoms with Crippen molar-refractivity contribution in [3.8, 4) is 0 Å². The fourth-order valence-corrected chi connectivity index (χ4v) is 1.72. The molecule has 12 heavy (non-hydrogen) atoms. The van der Waals surface area contributed by atoms with E-state index in [1.54, 1.807) is 0 Å². The summed E-state index contributed by atoms with van der Waals surface area (Å²) in [6, 6.07) is 0. The van der Waals surface area contributed by atoms with Crippen molar-refractivity contribution in [2.75, 3.05) is 7.05 Å². The van der Waals surface area contributed by atoms with E-state index in [1.165, 1.54) is 0 Å². The Morgan fingerprint density at radius 3 is 2.17 bits per heavy atom. The molecular weight excluding hydrogens is 286 g/mol. The molecule has 0 spiro atoms. The van der Waals surface area contributed by atoms with Gasteiger partial charge in [0, 0.05) is 18.8 Å². The van der Waals surface area contributed by atoms with Gasteiger partial charge >= 0.3 is 5.90 Å². The van der Waals surface area contributed by atoms with Gasteiger partial charge < -0.3 is 21.7 Å². The van der Waals surface area contributed by atoms with Crippen molar-refractivity contribution in [2.24, 2.45) is 0 Å². The molecule has 0 atom stereocenters. The summed E-state index contributed by atoms with van der Waals surface area (Å²) in [5.74, 6) is 1.90. The van der Waals surface area contributed by atoms with Crippen molar-refractivity contribution in [3.63, 3.8) is 0 Å². The van der Waals surface area contributed by atoms with Crippen LogP contribution in [0.25, 0.3) is 0 Å². The van der Waals surface area contributed by atoms with Gasteiger partial charge in [0.05, 0.1) is 6.92 Å². The van der Waals surface area contributed by atoms with Gasteiger partial charge in [0.25, 0.3) is 0 Å². The van der Waals surface area contributed by atoms with Crippen LogP contribution in [0, 0.1) is 0 Å². The highest BCUT2D eigenvalue weighted by Gasteiger charge is 2.42. The molecule has 0 unspecified atom stereocenters. The third-order valence-electron chi connectivity index (χ3n) is 2.27. The molecule has 1 aliphatic rings. The lowest BCUT2D eigenvalue weighted by Gasteiger charge is -2.11. The van der Waals surface area contributed by atoms with E-state index in [0.29, 0.717) is 0 Å². The molecule has 0 aromatic rings. The van der Waals surface area contributed by atoms with Crippen LogP contribution in [0.3, 0.4) is 0 Å². The zero-order valence-electron chi connectivity index (χ0n) is 7.69. The Morgan fingerprint density at radius 2 is 2.00 bits per heavy atom. The molecular formula is C8H13Br2NO. The van der Waals surface area contributed by atoms with Gasteiger partial charge in [-0.15, -0.1) is 0 Å². The number of hydrogen-bond donors (Lipinski definition) is 0. The van der Waals surface area contributed by atoms with E-state index in [1.807, 2.05) is 19.0 Å². The van der Waals surface area contributed by atoms with Crippen molar-refractivity contribution in [1.82, 2.24) is 0 Å². The SMILES string of the molecule is CC1=[N+](C)C(C)(C)/C(=C/Br)O1.[Br-]. The molecule has 0 aromatic carbocycles. The fraction of sp³-hybridized carbons (Fsp3) is 0.625. The zero-order chi connectivity index (χ0) is 8.65. The van der Waals surface area contributed by atoms with Crippen LogP contribution in [0.1, 0.15) is 20.8 Å². The van der Waals surface area contributed by atoms with Crippen molar-refractivity contribution in [2.45, 2.75) is 26.3 Å². The molecule has 0 fully saturated rings. The Bertz CT molecular complexity index is 243. The molecule has 0 saturated carbocycles. The second kappa shape index (κ2) is 3.92. The summed E-state index contributed by atoms with van der Waals surface area (Å²) >= 11 is 3.28. The van der Waals surface area contributed by atoms with Crippen LogP contribution in [0.5, 0.6) is 0 Å². The first-order chi connectivity index (χ1) is 5.00. The molecule has 1 heterocycles. The van der Waals surface area contributed by atoms with Crippen LogP contribution in [-0.4, -0.2) is 23.1 Å². The lowest BCUT2D eigenvalue weighted by atomic mass is 10.0. The zero-order valence-corrected chi connectivity index (χ0v) is 10.9. The largest absolute Gasteiger partial charge is 1.00 e. The number of halogens is 2. The molecule has 0 aliphatic carbocycles. The summed E-state index contributed by atoms with van der Waals surface area (Å²) in [6.07, 6.45) is 0. The minimum atomic E-state index is -0.0203. The Hall–Kier alpha value is 0.170. The van der Waals surface area contributed by atoms with Gasteiger partial charge in [0.15, 0.2) is 5.76 Å². The third kappa shape index (κ3) is 1.74. The van der Waals surface area contributed by atoms with Crippen molar-refractivity contribution in [1.29, 1.82) is 0 Å². The average Bonchev–Trinajstić information content (AvgIpc) is 2.13. The van der Waals surface area contributed by atoms with E-state index in [2.05, 4.69) is 34.4 Å². The first-order valence-electron chi connectivity index (χ1n) is 3.56. The van der Waals surface area contributed by atoms with Crippen molar-refractivity contribution < 1.29 is 26.3 Å². The maximum Gasteiger partial charge on any atom is 0.339 e. The quantitative estimate of drug-likeness (QED) is 0.528. The summed E-state index contributed by atoms with van der Waals surface area (Å²) in [5.41, 5.74) is -0.0203. The van der Waals surface area contributed by atoms with E-state index in [4.69, 9.17) is 4.74 Å². The van der Waals surface area contributed by atoms with Crippen LogP contribution >= 0.6 is 15.9 Å². The molecule has 1 aliphatic heterocycles. The van der Waals surface area contributed by atoms with Crippen molar-refractivity contribution >= 4 is 21.8 Å². The molecule has 0 amide bonds. The molecule has 70 valence electrons. The van der Waals surface area contributed by atoms with Crippen LogP contribution < -0.4 is 17.0 Å². The summed E-state index contributed by atoms with van der Waals surface area (Å²) in [7, 11) is 2.03. The number of ether oxygens (including phenoxy) is 1. The monoisotopic (exact) mass is 297 g/mol. The first-order valence-corrected chi connectivity index (χ1v) is 4.48. The maximum absolute atomic E-state index is 5.49. The lowest BCUT2D eigenvalue weighted by molar-refractivity contribution is -0.557. The molecule has 0 saturated heterocycles. The minimum Gasteiger partial charge on any atom is -1.00 e. The molecule has 2 nitrogen and oxygen atoms in total. The number of nitrogens with zero attached hydrogens (tertiary/aromatic N) is 1. The van der Waals surface area contributed by atoms with Gasteiger partial charge in [-0.3, -0.25) is 0 Å². The highest BCUT2D eigenvalue weighted by atomic mass is 79.9. The Balaban J connectivity index is 0.00000121. The Labute approximate surface area is 92.2 Å². The number of likely N-dealkylation sites (N-methyl/N-ethyl adjacent to an activating group) is 1. The predicted octanol–water partition coefficient (Wildman–Crippen LogP) is -0.904. The molecule has 0 bridgehead atoms. The van der Waals surface area contributed by atoms with Gasteiger partial charge in [0.2, 0.25) is 5.54 Å². The highest BCUT2D eigenvalue weighted by molar-refractivity contribution is 9.11. The molecule has 0 radical (unpaired) electrons. The van der Waals surface area contributed by atoms with E-state index in [-0.39, 0.29) is 22.5 Å². The van der Waals surface area contributed by atoms with Gasteiger partial charge in [-0.2, -0.15) is 4.58 Å². The molecule has 0 N–H and O–H groups in total. The lowest BCUT2D eigenvalue weighted by Crippen LogP contribution is -3.00. The van der Waals surface area contributed by atoms with Gasteiger partial charge in [-0.1, -0.05) is 15.9 Å². The van der Waals surface area contributed by atoms with E-state index in [0.717, 1.165) is 11.7 Å². The van der Waals surface area contributed by atoms with Crippen LogP contribution in [0.4, 0.5) is 0 Å². The Morgan fingerprint density at radius 1 is 1.50 bits per heavy atom. The molecule has 1 rings (SSSR count). The van der Waals surface area contributed by atoms with Crippen LogP contribution in [0.15, 0.2) is 10.7 Å². The second-order valence-corrected chi connectivity index (χ2v) is 3.67. The van der Waals surface area contributed by atoms with Gasteiger partial charge in [-0.05, 0) is 0 Å². The summed E-state index contributed by atoms with van der Waals surface area (Å²) < 4.78 is 7.61. The van der Waals surface area contributed by atoms with Gasteiger partial charge in [-0.25, -0.2) is 0 Å². The normalized spacial score (nSPS) is 23.9. The smallest absolute Gasteiger partial charge is 0.339 e. The fourth-order valence-electron chi connectivity index (χ4n) is 1.07. The maximum atomic E-state index is 5.49. The average molecular weight is 299 g/mol. The summed E-state index contributed by atoms with van der Waals surface area (Å²) in [4.78, 5) is 1.83. The first kappa shape index (κ1) is 12.2. The standard InChI is InChI=1S/C8H13BrNO.BrH/c1-6-10(4)8(2,3)7(5-9)11-6;/h5H,1-4H3;1H/q+1;/p-1/b7-5-;. The highest BCUT2D eigenvalue weighted by Crippen LogP contribution is 2.27. The summed E-state index contributed by atoms with van der Waals surface area (Å²) in [6.45, 7) is 6.21. The van der Waals surface area contributed by atoms with E-state index in [9.17, 15) is 0 Å². The number of hydrogen-bond acceptors (Lipinski definition) is 1. The minimum absolute atomic E-state index is 0. The number of rotatable bonds is 0. The van der Waals surface area contributed by atoms with Crippen LogP contribution in [-0.2, 0) is 4.74 Å². The Kier molecular flexibility index (Phi) is 3.97. The second-order valence-electron chi connectivity index (χ2n) is 3.21. The van der Waals surface area contributed by atoms with Crippen LogP contribution in [0.2, 0.25) is 0 Å². The van der Waals surface area contributed by atoms with Gasteiger partial charge in [0.1, 0.15) is 7.05 Å². The summed E-state index contributed by atoms with van der Waals surface area (Å²) in [5, 5.41) is 0. The third-order valence-corrected chi connectivity index (χ3v) is 2.69. The van der Waals surface area contributed by atoms with Crippen molar-refractivity contribution in [3.05, 3.63) is 10.7 Å². The molecule has 4 heteroatoms. The topological polar surface area (TPSA) is 12.2 Å². The van der Waals surface area contributed by atoms with E-state index >= 15 is 0 Å². The molecule has 0 aromatic heterocycles.